The third-order valence-corrected chi connectivity index (χ3v) is 5.94. The Kier molecular flexibility index (Phi) is 6.37. The number of urea groups is 1. The molecule has 0 bridgehead atoms. The Bertz CT molecular complexity index is 1300. The molecule has 3 amide bonds. The van der Waals surface area contributed by atoms with Crippen molar-refractivity contribution in [2.45, 2.75) is 6.54 Å². The van der Waals surface area contributed by atoms with Crippen molar-refractivity contribution in [2.24, 2.45) is 0 Å². The van der Waals surface area contributed by atoms with E-state index in [4.69, 9.17) is 4.74 Å². The minimum absolute atomic E-state index is 0.0346. The van der Waals surface area contributed by atoms with Gasteiger partial charge < -0.3 is 19.9 Å². The lowest BCUT2D eigenvalue weighted by Crippen LogP contribution is -2.40. The number of anilines is 3. The van der Waals surface area contributed by atoms with E-state index >= 15 is 0 Å². The Balaban J connectivity index is 1.50. The highest BCUT2D eigenvalue weighted by atomic mass is 16.5. The van der Waals surface area contributed by atoms with E-state index in [1.54, 1.807) is 7.05 Å². The lowest BCUT2D eigenvalue weighted by Gasteiger charge is -2.27. The van der Waals surface area contributed by atoms with Gasteiger partial charge in [0.15, 0.2) is 5.82 Å². The van der Waals surface area contributed by atoms with Gasteiger partial charge in [-0.05, 0) is 30.3 Å². The van der Waals surface area contributed by atoms with Crippen molar-refractivity contribution in [3.8, 4) is 11.8 Å². The van der Waals surface area contributed by atoms with Crippen LogP contribution in [0, 0.1) is 11.8 Å². The van der Waals surface area contributed by atoms with E-state index in [2.05, 4.69) is 32.5 Å². The molecular formula is C26H26N6O3. The number of nitrogens with zero attached hydrogens (tertiary/aromatic N) is 4. The van der Waals surface area contributed by atoms with Crippen molar-refractivity contribution in [1.82, 2.24) is 20.0 Å². The number of fused-ring (bicyclic) bond motifs is 1. The number of benzene rings is 2. The largest absolute Gasteiger partial charge is 0.378 e. The third kappa shape index (κ3) is 4.98. The molecule has 2 aliphatic heterocycles. The van der Waals surface area contributed by atoms with Crippen molar-refractivity contribution in [3.05, 3.63) is 71.3 Å². The number of hydrogen-bond acceptors (Lipinski definition) is 5. The highest BCUT2D eigenvalue weighted by molar-refractivity contribution is 5.96. The molecule has 1 saturated heterocycles. The van der Waals surface area contributed by atoms with Gasteiger partial charge >= 0.3 is 6.03 Å². The van der Waals surface area contributed by atoms with Crippen LogP contribution in [0.25, 0.3) is 0 Å². The number of ether oxygens (including phenoxy) is 1. The first-order valence-electron chi connectivity index (χ1n) is 11.5. The van der Waals surface area contributed by atoms with Crippen LogP contribution < -0.4 is 15.5 Å². The Morgan fingerprint density at radius 3 is 2.49 bits per heavy atom. The van der Waals surface area contributed by atoms with E-state index in [9.17, 15) is 9.59 Å². The molecule has 2 N–H and O–H groups in total. The molecule has 9 heteroatoms. The predicted octanol–water partition coefficient (Wildman–Crippen LogP) is 2.66. The maximum absolute atomic E-state index is 13.3. The zero-order valence-corrected chi connectivity index (χ0v) is 19.5. The number of carbonyl (C=O) groups excluding carboxylic acids is 2. The zero-order valence-electron chi connectivity index (χ0n) is 19.5. The summed E-state index contributed by atoms with van der Waals surface area (Å²) in [6.07, 6.45) is 0. The minimum atomic E-state index is -0.329. The molecule has 35 heavy (non-hydrogen) atoms. The highest BCUT2D eigenvalue weighted by Gasteiger charge is 2.26. The minimum Gasteiger partial charge on any atom is -0.378 e. The van der Waals surface area contributed by atoms with Crippen molar-refractivity contribution >= 4 is 29.3 Å². The fourth-order valence-electron chi connectivity index (χ4n) is 4.18. The Morgan fingerprint density at radius 1 is 0.943 bits per heavy atom. The van der Waals surface area contributed by atoms with Crippen molar-refractivity contribution in [2.75, 3.05) is 50.1 Å². The number of nitrogens with one attached hydrogen (secondary N) is 2. The molecule has 3 heterocycles. The Morgan fingerprint density at radius 2 is 1.71 bits per heavy atom. The first-order valence-corrected chi connectivity index (χ1v) is 11.5. The van der Waals surface area contributed by atoms with Crippen LogP contribution in [0.3, 0.4) is 0 Å². The van der Waals surface area contributed by atoms with Crippen LogP contribution >= 0.6 is 0 Å². The van der Waals surface area contributed by atoms with Crippen molar-refractivity contribution < 1.29 is 14.3 Å². The van der Waals surface area contributed by atoms with Crippen LogP contribution in [0.4, 0.5) is 22.1 Å². The summed E-state index contributed by atoms with van der Waals surface area (Å²) in [5.74, 6) is 7.69. The number of amides is 3. The summed E-state index contributed by atoms with van der Waals surface area (Å²) in [7, 11) is 1.56. The molecule has 0 aliphatic carbocycles. The molecule has 0 radical (unpaired) electrons. The van der Waals surface area contributed by atoms with E-state index in [0.717, 1.165) is 22.6 Å². The molecule has 5 rings (SSSR count). The quantitative estimate of drug-likeness (QED) is 0.575. The molecule has 0 unspecified atom stereocenters. The van der Waals surface area contributed by atoms with Gasteiger partial charge in [0.1, 0.15) is 5.82 Å². The standard InChI is InChI=1S/C26H26N6O3/c1-27-26(34)28-23-18-24-31(9-10-32(24)29-23)22-16-20(8-7-19-5-3-2-4-6-19)15-21(17-22)25(33)30-11-13-35-14-12-30/h2-6,15-18H,9-14H2,1H3,(H2,27,28,29,34). The normalized spacial score (nSPS) is 14.7. The topological polar surface area (TPSA) is 91.7 Å². The van der Waals surface area contributed by atoms with E-state index in [1.807, 2.05) is 64.2 Å². The summed E-state index contributed by atoms with van der Waals surface area (Å²) in [5, 5.41) is 9.71. The number of carbonyl (C=O) groups is 2. The van der Waals surface area contributed by atoms with Crippen LogP contribution in [0.15, 0.2) is 54.6 Å². The van der Waals surface area contributed by atoms with Crippen LogP contribution in [0.5, 0.6) is 0 Å². The monoisotopic (exact) mass is 470 g/mol. The summed E-state index contributed by atoms with van der Waals surface area (Å²) in [4.78, 5) is 28.9. The molecule has 1 aromatic heterocycles. The van der Waals surface area contributed by atoms with Crippen LogP contribution in [-0.4, -0.2) is 66.5 Å². The summed E-state index contributed by atoms with van der Waals surface area (Å²) in [6.45, 7) is 3.58. The molecule has 178 valence electrons. The van der Waals surface area contributed by atoms with Gasteiger partial charge in [-0.25, -0.2) is 9.48 Å². The smallest absolute Gasteiger partial charge is 0.320 e. The second-order valence-corrected chi connectivity index (χ2v) is 8.26. The fraction of sp³-hybridized carbons (Fsp3) is 0.269. The van der Waals surface area contributed by atoms with E-state index in [0.29, 0.717) is 50.8 Å². The highest BCUT2D eigenvalue weighted by Crippen LogP contribution is 2.33. The summed E-state index contributed by atoms with van der Waals surface area (Å²) < 4.78 is 7.25. The summed E-state index contributed by atoms with van der Waals surface area (Å²) in [5.41, 5.74) is 3.10. The van der Waals surface area contributed by atoms with E-state index < -0.39 is 0 Å². The van der Waals surface area contributed by atoms with E-state index in [1.165, 1.54) is 0 Å². The molecule has 0 saturated carbocycles. The first kappa shape index (κ1) is 22.5. The lowest BCUT2D eigenvalue weighted by molar-refractivity contribution is 0.0303. The Labute approximate surface area is 203 Å². The van der Waals surface area contributed by atoms with Crippen LogP contribution in [-0.2, 0) is 11.3 Å². The maximum Gasteiger partial charge on any atom is 0.320 e. The molecule has 0 atom stereocenters. The molecule has 1 fully saturated rings. The van der Waals surface area contributed by atoms with Gasteiger partial charge in [-0.1, -0.05) is 30.0 Å². The summed E-state index contributed by atoms with van der Waals surface area (Å²) in [6, 6.07) is 17.0. The number of hydrogen-bond donors (Lipinski definition) is 2. The second-order valence-electron chi connectivity index (χ2n) is 8.26. The van der Waals surface area contributed by atoms with Gasteiger partial charge in [0, 0.05) is 55.1 Å². The molecule has 2 aliphatic rings. The zero-order chi connectivity index (χ0) is 24.2. The average molecular weight is 471 g/mol. The molecule has 3 aromatic rings. The molecular weight excluding hydrogens is 444 g/mol. The molecule has 9 nitrogen and oxygen atoms in total. The fourth-order valence-corrected chi connectivity index (χ4v) is 4.18. The van der Waals surface area contributed by atoms with E-state index in [-0.39, 0.29) is 11.9 Å². The number of aromatic nitrogens is 2. The summed E-state index contributed by atoms with van der Waals surface area (Å²) >= 11 is 0. The van der Waals surface area contributed by atoms with Crippen LogP contribution in [0.2, 0.25) is 0 Å². The second kappa shape index (κ2) is 9.91. The SMILES string of the molecule is CNC(=O)Nc1cc2n(n1)CCN2c1cc(C#Cc2ccccc2)cc(C(=O)N2CCOCC2)c1. The number of rotatable bonds is 3. The molecule has 2 aromatic carbocycles. The average Bonchev–Trinajstić information content (AvgIpc) is 3.48. The van der Waals surface area contributed by atoms with Gasteiger partial charge in [-0.2, -0.15) is 5.10 Å². The maximum atomic E-state index is 13.3. The third-order valence-electron chi connectivity index (χ3n) is 5.94. The van der Waals surface area contributed by atoms with Gasteiger partial charge in [-0.15, -0.1) is 0 Å². The molecule has 0 spiro atoms. The first-order chi connectivity index (χ1) is 17.1. The van der Waals surface area contributed by atoms with Gasteiger partial charge in [0.25, 0.3) is 5.91 Å². The predicted molar refractivity (Wildman–Crippen MR) is 133 cm³/mol. The van der Waals surface area contributed by atoms with Crippen LogP contribution in [0.1, 0.15) is 21.5 Å². The van der Waals surface area contributed by atoms with Gasteiger partial charge in [-0.3, -0.25) is 10.1 Å². The lowest BCUT2D eigenvalue weighted by atomic mass is 10.1. The Hall–Kier alpha value is -4.29. The van der Waals surface area contributed by atoms with Crippen molar-refractivity contribution in [1.29, 1.82) is 0 Å². The van der Waals surface area contributed by atoms with Gasteiger partial charge in [0.2, 0.25) is 0 Å². The number of morpholine rings is 1. The van der Waals surface area contributed by atoms with Gasteiger partial charge in [0.05, 0.1) is 19.8 Å². The van der Waals surface area contributed by atoms with Crippen molar-refractivity contribution in [3.63, 3.8) is 0 Å².